The number of aryl methyl sites for hydroxylation is 2. The molecule has 8 heteroatoms. The second-order valence-electron chi connectivity index (χ2n) is 5.12. The predicted molar refractivity (Wildman–Crippen MR) is 88.6 cm³/mol. The fraction of sp³-hybridized carbons (Fsp3) is 0.133. The molecule has 0 unspecified atom stereocenters. The van der Waals surface area contributed by atoms with E-state index in [1.807, 2.05) is 13.0 Å². The Hall–Kier alpha value is -2.19. The molecule has 0 radical (unpaired) electrons. The van der Waals surface area contributed by atoms with Gasteiger partial charge in [0.05, 0.1) is 10.6 Å². The SMILES string of the molecule is Cc1cc(-c2ccc(S(=O)(=O)Nc3ccc(F)cc3C)s2)n[nH]1. The third kappa shape index (κ3) is 3.27. The number of thiophene rings is 1. The zero-order valence-electron chi connectivity index (χ0n) is 12.4. The minimum atomic E-state index is -3.72. The van der Waals surface area contributed by atoms with Crippen LogP contribution in [0.2, 0.25) is 0 Å². The van der Waals surface area contributed by atoms with Crippen LogP contribution in [-0.2, 0) is 10.0 Å². The molecule has 2 N–H and O–H groups in total. The zero-order valence-corrected chi connectivity index (χ0v) is 14.1. The third-order valence-electron chi connectivity index (χ3n) is 3.24. The lowest BCUT2D eigenvalue weighted by molar-refractivity contribution is 0.602. The van der Waals surface area contributed by atoms with Crippen LogP contribution in [0.5, 0.6) is 0 Å². The summed E-state index contributed by atoms with van der Waals surface area (Å²) in [5.74, 6) is -0.405. The molecular weight excluding hydrogens is 337 g/mol. The van der Waals surface area contributed by atoms with Crippen molar-refractivity contribution in [3.63, 3.8) is 0 Å². The summed E-state index contributed by atoms with van der Waals surface area (Å²) in [6.07, 6.45) is 0. The van der Waals surface area contributed by atoms with Crippen molar-refractivity contribution in [3.05, 3.63) is 53.5 Å². The highest BCUT2D eigenvalue weighted by molar-refractivity contribution is 7.94. The molecule has 1 aromatic carbocycles. The van der Waals surface area contributed by atoms with Crippen LogP contribution in [0.15, 0.2) is 40.6 Å². The number of anilines is 1. The molecule has 0 aliphatic carbocycles. The molecule has 0 aliphatic heterocycles. The van der Waals surface area contributed by atoms with Crippen LogP contribution in [0.4, 0.5) is 10.1 Å². The van der Waals surface area contributed by atoms with Crippen molar-refractivity contribution >= 4 is 27.0 Å². The number of rotatable bonds is 4. The first kappa shape index (κ1) is 15.7. The molecule has 3 rings (SSSR count). The van der Waals surface area contributed by atoms with Crippen molar-refractivity contribution in [3.8, 4) is 10.6 Å². The highest BCUT2D eigenvalue weighted by Crippen LogP contribution is 2.31. The Morgan fingerprint density at radius 3 is 2.61 bits per heavy atom. The quantitative estimate of drug-likeness (QED) is 0.753. The first-order valence-electron chi connectivity index (χ1n) is 6.76. The van der Waals surface area contributed by atoms with E-state index in [-0.39, 0.29) is 4.21 Å². The van der Waals surface area contributed by atoms with Gasteiger partial charge in [-0.05, 0) is 55.8 Å². The van der Waals surface area contributed by atoms with Crippen molar-refractivity contribution in [2.75, 3.05) is 4.72 Å². The number of hydrogen-bond acceptors (Lipinski definition) is 4. The van der Waals surface area contributed by atoms with Crippen molar-refractivity contribution in [2.24, 2.45) is 0 Å². The molecule has 0 fully saturated rings. The van der Waals surface area contributed by atoms with Gasteiger partial charge in [0.25, 0.3) is 10.0 Å². The number of halogens is 1. The lowest BCUT2D eigenvalue weighted by Gasteiger charge is -2.09. The Morgan fingerprint density at radius 1 is 1.17 bits per heavy atom. The number of benzene rings is 1. The Bertz CT molecular complexity index is 961. The van der Waals surface area contributed by atoms with Gasteiger partial charge in [-0.15, -0.1) is 11.3 Å². The van der Waals surface area contributed by atoms with Crippen molar-refractivity contribution in [1.82, 2.24) is 10.2 Å². The minimum Gasteiger partial charge on any atom is -0.282 e. The third-order valence-corrected chi connectivity index (χ3v) is 6.20. The largest absolute Gasteiger partial charge is 0.282 e. The summed E-state index contributed by atoms with van der Waals surface area (Å²) in [5, 5.41) is 6.94. The van der Waals surface area contributed by atoms with Gasteiger partial charge in [-0.2, -0.15) is 5.10 Å². The van der Waals surface area contributed by atoms with Gasteiger partial charge in [0, 0.05) is 5.69 Å². The van der Waals surface area contributed by atoms with Crippen LogP contribution in [0, 0.1) is 19.7 Å². The molecule has 23 heavy (non-hydrogen) atoms. The normalized spacial score (nSPS) is 11.6. The number of nitrogens with one attached hydrogen (secondary N) is 2. The van der Waals surface area contributed by atoms with E-state index in [1.54, 1.807) is 13.0 Å². The van der Waals surface area contributed by atoms with E-state index in [0.717, 1.165) is 21.9 Å². The van der Waals surface area contributed by atoms with Crippen LogP contribution >= 0.6 is 11.3 Å². The van der Waals surface area contributed by atoms with Crippen LogP contribution < -0.4 is 4.72 Å². The van der Waals surface area contributed by atoms with Gasteiger partial charge in [-0.1, -0.05) is 0 Å². The number of aromatic nitrogens is 2. The van der Waals surface area contributed by atoms with Crippen LogP contribution in [0.3, 0.4) is 0 Å². The molecule has 0 aliphatic rings. The van der Waals surface area contributed by atoms with E-state index in [9.17, 15) is 12.8 Å². The maximum absolute atomic E-state index is 13.1. The molecule has 0 amide bonds. The predicted octanol–water partition coefficient (Wildman–Crippen LogP) is 3.69. The van der Waals surface area contributed by atoms with Crippen LogP contribution in [0.1, 0.15) is 11.3 Å². The minimum absolute atomic E-state index is 0.178. The summed E-state index contributed by atoms with van der Waals surface area (Å²) in [6.45, 7) is 3.52. The van der Waals surface area contributed by atoms with Crippen molar-refractivity contribution in [1.29, 1.82) is 0 Å². The number of H-pyrrole nitrogens is 1. The van der Waals surface area contributed by atoms with Gasteiger partial charge in [0.2, 0.25) is 0 Å². The smallest absolute Gasteiger partial charge is 0.271 e. The Labute approximate surface area is 137 Å². The molecule has 2 aromatic heterocycles. The van der Waals surface area contributed by atoms with Gasteiger partial charge in [0.1, 0.15) is 15.7 Å². The average molecular weight is 351 g/mol. The van der Waals surface area contributed by atoms with E-state index in [1.165, 1.54) is 24.3 Å². The van der Waals surface area contributed by atoms with Crippen LogP contribution in [-0.4, -0.2) is 18.6 Å². The molecule has 0 atom stereocenters. The van der Waals surface area contributed by atoms with E-state index in [4.69, 9.17) is 0 Å². The van der Waals surface area contributed by atoms with Crippen molar-refractivity contribution < 1.29 is 12.8 Å². The molecule has 0 spiro atoms. The summed E-state index contributed by atoms with van der Waals surface area (Å²) < 4.78 is 40.7. The van der Waals surface area contributed by atoms with Gasteiger partial charge < -0.3 is 0 Å². The number of sulfonamides is 1. The molecular formula is C15H14FN3O2S2. The first-order valence-corrected chi connectivity index (χ1v) is 9.06. The van der Waals surface area contributed by atoms with Gasteiger partial charge in [0.15, 0.2) is 0 Å². The standard InChI is InChI=1S/C15H14FN3O2S2/c1-9-7-11(16)3-4-12(9)19-23(20,21)15-6-5-14(22-15)13-8-10(2)17-18-13/h3-8,19H,1-2H3,(H,17,18). The van der Waals surface area contributed by atoms with Crippen LogP contribution in [0.25, 0.3) is 10.6 Å². The molecule has 0 bridgehead atoms. The fourth-order valence-electron chi connectivity index (χ4n) is 2.08. The number of aromatic amines is 1. The average Bonchev–Trinajstić information content (AvgIpc) is 3.10. The molecule has 5 nitrogen and oxygen atoms in total. The Morgan fingerprint density at radius 2 is 1.96 bits per heavy atom. The molecule has 0 saturated heterocycles. The second kappa shape index (κ2) is 5.78. The molecule has 2 heterocycles. The maximum atomic E-state index is 13.1. The molecule has 120 valence electrons. The maximum Gasteiger partial charge on any atom is 0.271 e. The summed E-state index contributed by atoms with van der Waals surface area (Å²) in [6, 6.07) is 9.01. The summed E-state index contributed by atoms with van der Waals surface area (Å²) in [4.78, 5) is 0.755. The second-order valence-corrected chi connectivity index (χ2v) is 8.11. The van der Waals surface area contributed by atoms with Crippen molar-refractivity contribution in [2.45, 2.75) is 18.1 Å². The highest BCUT2D eigenvalue weighted by atomic mass is 32.2. The van der Waals surface area contributed by atoms with E-state index in [2.05, 4.69) is 14.9 Å². The van der Waals surface area contributed by atoms with E-state index >= 15 is 0 Å². The van der Waals surface area contributed by atoms with Gasteiger partial charge >= 0.3 is 0 Å². The zero-order chi connectivity index (χ0) is 16.6. The van der Waals surface area contributed by atoms with Gasteiger partial charge in [-0.3, -0.25) is 9.82 Å². The first-order chi connectivity index (χ1) is 10.8. The lowest BCUT2D eigenvalue weighted by Crippen LogP contribution is -2.12. The fourth-order valence-corrected chi connectivity index (χ4v) is 4.48. The summed E-state index contributed by atoms with van der Waals surface area (Å²) >= 11 is 1.13. The monoisotopic (exact) mass is 351 g/mol. The Kier molecular flexibility index (Phi) is 3.95. The van der Waals surface area contributed by atoms with E-state index in [0.29, 0.717) is 16.9 Å². The lowest BCUT2D eigenvalue weighted by atomic mass is 10.2. The summed E-state index contributed by atoms with van der Waals surface area (Å²) in [7, 11) is -3.72. The van der Waals surface area contributed by atoms with Gasteiger partial charge in [-0.25, -0.2) is 12.8 Å². The van der Waals surface area contributed by atoms with E-state index < -0.39 is 15.8 Å². The number of hydrogen-bond donors (Lipinski definition) is 2. The summed E-state index contributed by atoms with van der Waals surface area (Å²) in [5.41, 5.74) is 2.48. The number of nitrogens with zero attached hydrogens (tertiary/aromatic N) is 1. The highest BCUT2D eigenvalue weighted by Gasteiger charge is 2.19. The molecule has 3 aromatic rings. The Balaban J connectivity index is 1.89. The molecule has 0 saturated carbocycles. The topological polar surface area (TPSA) is 74.8 Å².